The molecular formula is C16H15NO5. The topological polar surface area (TPSA) is 109 Å². The van der Waals surface area contributed by atoms with Gasteiger partial charge in [0.2, 0.25) is 0 Å². The summed E-state index contributed by atoms with van der Waals surface area (Å²) in [4.78, 5) is 25.5. The van der Waals surface area contributed by atoms with Gasteiger partial charge in [0, 0.05) is 6.54 Å². The van der Waals surface area contributed by atoms with Gasteiger partial charge in [-0.15, -0.1) is 0 Å². The molecule has 1 aliphatic rings. The second kappa shape index (κ2) is 5.87. The van der Waals surface area contributed by atoms with E-state index in [2.05, 4.69) is 0 Å². The summed E-state index contributed by atoms with van der Waals surface area (Å²) in [5.41, 5.74) is 1.59. The lowest BCUT2D eigenvalue weighted by molar-refractivity contribution is 0.0656. The zero-order chi connectivity index (χ0) is 15.0. The fourth-order valence-corrected chi connectivity index (χ4v) is 2.41. The van der Waals surface area contributed by atoms with Gasteiger partial charge in [0.05, 0.1) is 11.1 Å². The Kier molecular flexibility index (Phi) is 4.14. The fraction of sp³-hybridized carbons (Fsp3) is 0.125. The number of rotatable bonds is 3. The minimum Gasteiger partial charge on any atom is -0.504 e. The summed E-state index contributed by atoms with van der Waals surface area (Å²) >= 11 is 0. The number of aromatic hydroxyl groups is 2. The Morgan fingerprint density at radius 2 is 1.45 bits per heavy atom. The lowest BCUT2D eigenvalue weighted by Gasteiger charge is -2.13. The largest absolute Gasteiger partial charge is 0.504 e. The first kappa shape index (κ1) is 15.5. The molecule has 2 amide bonds. The van der Waals surface area contributed by atoms with Gasteiger partial charge < -0.3 is 15.7 Å². The van der Waals surface area contributed by atoms with Crippen LogP contribution in [0.25, 0.3) is 0 Å². The van der Waals surface area contributed by atoms with E-state index in [-0.39, 0.29) is 35.3 Å². The molecule has 6 nitrogen and oxygen atoms in total. The number of hydrogen-bond donors (Lipinski definition) is 2. The van der Waals surface area contributed by atoms with E-state index in [4.69, 9.17) is 0 Å². The number of imide groups is 1. The molecule has 0 bridgehead atoms. The summed E-state index contributed by atoms with van der Waals surface area (Å²) in [5, 5.41) is 18.7. The maximum atomic E-state index is 12.2. The van der Waals surface area contributed by atoms with Gasteiger partial charge in [-0.05, 0) is 36.2 Å². The number of amides is 2. The number of nitrogens with zero attached hydrogens (tertiary/aromatic N) is 1. The molecule has 0 spiro atoms. The third-order valence-electron chi connectivity index (χ3n) is 3.54. The van der Waals surface area contributed by atoms with Crippen LogP contribution in [0.15, 0.2) is 42.5 Å². The molecule has 2 aromatic carbocycles. The molecule has 0 fully saturated rings. The van der Waals surface area contributed by atoms with Crippen LogP contribution in [0.2, 0.25) is 0 Å². The van der Waals surface area contributed by atoms with Crippen molar-refractivity contribution < 1.29 is 25.3 Å². The highest BCUT2D eigenvalue weighted by atomic mass is 16.3. The molecule has 0 saturated heterocycles. The SMILES string of the molecule is O.O=C1c2ccccc2C(=O)N1CCc1ccc(O)c(O)c1. The summed E-state index contributed by atoms with van der Waals surface area (Å²) in [7, 11) is 0. The number of benzene rings is 2. The van der Waals surface area contributed by atoms with E-state index in [0.717, 1.165) is 5.56 Å². The van der Waals surface area contributed by atoms with Crippen LogP contribution in [-0.2, 0) is 6.42 Å². The van der Waals surface area contributed by atoms with Gasteiger partial charge in [0.25, 0.3) is 11.8 Å². The van der Waals surface area contributed by atoms with Crippen molar-refractivity contribution in [3.05, 3.63) is 59.2 Å². The van der Waals surface area contributed by atoms with Crippen molar-refractivity contribution in [3.8, 4) is 11.5 Å². The predicted molar refractivity (Wildman–Crippen MR) is 78.9 cm³/mol. The number of hydrogen-bond acceptors (Lipinski definition) is 4. The van der Waals surface area contributed by atoms with E-state index in [1.54, 1.807) is 30.3 Å². The normalized spacial score (nSPS) is 13.0. The van der Waals surface area contributed by atoms with E-state index in [1.807, 2.05) is 0 Å². The minimum atomic E-state index is -0.293. The van der Waals surface area contributed by atoms with Crippen molar-refractivity contribution in [2.45, 2.75) is 6.42 Å². The van der Waals surface area contributed by atoms with Crippen LogP contribution in [-0.4, -0.2) is 38.9 Å². The van der Waals surface area contributed by atoms with Gasteiger partial charge in [-0.1, -0.05) is 18.2 Å². The lowest BCUT2D eigenvalue weighted by Crippen LogP contribution is -2.31. The fourth-order valence-electron chi connectivity index (χ4n) is 2.41. The summed E-state index contributed by atoms with van der Waals surface area (Å²) in [5.74, 6) is -0.994. The number of carbonyl (C=O) groups excluding carboxylic acids is 2. The van der Waals surface area contributed by atoms with E-state index < -0.39 is 0 Å². The summed E-state index contributed by atoms with van der Waals surface area (Å²) < 4.78 is 0. The van der Waals surface area contributed by atoms with Crippen molar-refractivity contribution in [1.82, 2.24) is 4.90 Å². The van der Waals surface area contributed by atoms with Gasteiger partial charge in [-0.2, -0.15) is 0 Å². The van der Waals surface area contributed by atoms with Crippen LogP contribution < -0.4 is 0 Å². The van der Waals surface area contributed by atoms with Gasteiger partial charge in [0.1, 0.15) is 0 Å². The number of fused-ring (bicyclic) bond motifs is 1. The number of phenolic OH excluding ortho intramolecular Hbond substituents is 2. The third-order valence-corrected chi connectivity index (χ3v) is 3.54. The Morgan fingerprint density at radius 3 is 2.00 bits per heavy atom. The van der Waals surface area contributed by atoms with Crippen LogP contribution in [0, 0.1) is 0 Å². The maximum Gasteiger partial charge on any atom is 0.261 e. The molecule has 0 unspecified atom stereocenters. The first-order chi connectivity index (χ1) is 10.1. The van der Waals surface area contributed by atoms with Crippen molar-refractivity contribution in [2.24, 2.45) is 0 Å². The second-order valence-electron chi connectivity index (χ2n) is 4.88. The van der Waals surface area contributed by atoms with E-state index in [1.165, 1.54) is 17.0 Å². The number of phenols is 2. The highest BCUT2D eigenvalue weighted by Crippen LogP contribution is 2.26. The Labute approximate surface area is 126 Å². The summed E-state index contributed by atoms with van der Waals surface area (Å²) in [6.45, 7) is 0.233. The van der Waals surface area contributed by atoms with Gasteiger partial charge in [-0.25, -0.2) is 0 Å². The summed E-state index contributed by atoms with van der Waals surface area (Å²) in [6.07, 6.45) is 0.416. The highest BCUT2D eigenvalue weighted by molar-refractivity contribution is 6.21. The molecule has 0 aliphatic carbocycles. The van der Waals surface area contributed by atoms with Crippen LogP contribution in [0.3, 0.4) is 0 Å². The van der Waals surface area contributed by atoms with Gasteiger partial charge >= 0.3 is 0 Å². The van der Waals surface area contributed by atoms with Gasteiger partial charge in [-0.3, -0.25) is 14.5 Å². The van der Waals surface area contributed by atoms with Crippen molar-refractivity contribution in [2.75, 3.05) is 6.54 Å². The van der Waals surface area contributed by atoms with E-state index >= 15 is 0 Å². The molecular weight excluding hydrogens is 286 g/mol. The zero-order valence-corrected chi connectivity index (χ0v) is 11.6. The quantitative estimate of drug-likeness (QED) is 0.653. The average molecular weight is 301 g/mol. The van der Waals surface area contributed by atoms with Crippen LogP contribution >= 0.6 is 0 Å². The predicted octanol–water partition coefficient (Wildman–Crippen LogP) is 1.11. The molecule has 3 rings (SSSR count). The Morgan fingerprint density at radius 1 is 0.864 bits per heavy atom. The van der Waals surface area contributed by atoms with Crippen LogP contribution in [0.4, 0.5) is 0 Å². The maximum absolute atomic E-state index is 12.2. The van der Waals surface area contributed by atoms with Crippen molar-refractivity contribution >= 4 is 11.8 Å². The Balaban J connectivity index is 0.00000176. The standard InChI is InChI=1S/C16H13NO4.H2O/c18-13-6-5-10(9-14(13)19)7-8-17-15(20)11-3-1-2-4-12(11)16(17)21;/h1-6,9,18-19H,7-8H2;1H2. The third kappa shape index (κ3) is 2.51. The van der Waals surface area contributed by atoms with Crippen molar-refractivity contribution in [1.29, 1.82) is 0 Å². The van der Waals surface area contributed by atoms with Gasteiger partial charge in [0.15, 0.2) is 11.5 Å². The zero-order valence-electron chi connectivity index (χ0n) is 11.6. The first-order valence-corrected chi connectivity index (χ1v) is 6.54. The summed E-state index contributed by atoms with van der Waals surface area (Å²) in [6, 6.07) is 11.2. The molecule has 0 atom stereocenters. The molecule has 0 radical (unpaired) electrons. The molecule has 6 heteroatoms. The lowest BCUT2D eigenvalue weighted by atomic mass is 10.1. The Bertz CT molecular complexity index is 706. The van der Waals surface area contributed by atoms with Crippen LogP contribution in [0.5, 0.6) is 11.5 Å². The monoisotopic (exact) mass is 301 g/mol. The van der Waals surface area contributed by atoms with Crippen LogP contribution in [0.1, 0.15) is 26.3 Å². The minimum absolute atomic E-state index is 0. The first-order valence-electron chi connectivity index (χ1n) is 6.54. The van der Waals surface area contributed by atoms with E-state index in [0.29, 0.717) is 17.5 Å². The molecule has 2 aromatic rings. The smallest absolute Gasteiger partial charge is 0.261 e. The van der Waals surface area contributed by atoms with E-state index in [9.17, 15) is 19.8 Å². The molecule has 22 heavy (non-hydrogen) atoms. The number of carbonyl (C=O) groups is 2. The highest BCUT2D eigenvalue weighted by Gasteiger charge is 2.34. The molecule has 0 saturated carbocycles. The molecule has 1 heterocycles. The molecule has 0 aromatic heterocycles. The average Bonchev–Trinajstić information content (AvgIpc) is 2.73. The molecule has 1 aliphatic heterocycles. The van der Waals surface area contributed by atoms with Crippen molar-refractivity contribution in [3.63, 3.8) is 0 Å². The second-order valence-corrected chi connectivity index (χ2v) is 4.88. The molecule has 114 valence electrons. The molecule has 4 N–H and O–H groups in total. The Hall–Kier alpha value is -2.86.